The van der Waals surface area contributed by atoms with Crippen molar-refractivity contribution in [2.24, 2.45) is 5.73 Å². The van der Waals surface area contributed by atoms with Gasteiger partial charge in [0.2, 0.25) is 10.9 Å². The topological polar surface area (TPSA) is 111 Å². The summed E-state index contributed by atoms with van der Waals surface area (Å²) in [5.74, 6) is -1.24. The highest BCUT2D eigenvalue weighted by Crippen LogP contribution is 2.34. The third kappa shape index (κ3) is 2.69. The Morgan fingerprint density at radius 1 is 1.10 bits per heavy atom. The maximum absolute atomic E-state index is 13.1. The van der Waals surface area contributed by atoms with Crippen LogP contribution < -0.4 is 20.7 Å². The van der Waals surface area contributed by atoms with Crippen LogP contribution in [0.15, 0.2) is 53.3 Å². The number of rotatable bonds is 3. The van der Waals surface area contributed by atoms with E-state index in [0.29, 0.717) is 21.8 Å². The Labute approximate surface area is 171 Å². The van der Waals surface area contributed by atoms with Crippen LogP contribution in [0.5, 0.6) is 0 Å². The first-order valence-electron chi connectivity index (χ1n) is 8.83. The van der Waals surface area contributed by atoms with Crippen molar-refractivity contribution >= 4 is 39.4 Å². The maximum atomic E-state index is 13.1. The number of thiazole rings is 1. The summed E-state index contributed by atoms with van der Waals surface area (Å²) in [4.78, 5) is 43.4. The van der Waals surface area contributed by atoms with Crippen LogP contribution >= 0.6 is 11.3 Å². The van der Waals surface area contributed by atoms with Crippen LogP contribution in [0.2, 0.25) is 0 Å². The van der Waals surface area contributed by atoms with Gasteiger partial charge in [-0.05, 0) is 30.3 Å². The van der Waals surface area contributed by atoms with Gasteiger partial charge in [-0.15, -0.1) is 5.10 Å². The minimum absolute atomic E-state index is 0.181. The smallest absolute Gasteiger partial charge is 0.291 e. The minimum atomic E-state index is -0.659. The third-order valence-corrected chi connectivity index (χ3v) is 5.75. The van der Waals surface area contributed by atoms with Crippen LogP contribution in [0, 0.1) is 5.82 Å². The quantitative estimate of drug-likeness (QED) is 0.524. The van der Waals surface area contributed by atoms with Crippen LogP contribution in [-0.4, -0.2) is 33.0 Å². The fourth-order valence-electron chi connectivity index (χ4n) is 3.42. The normalized spacial score (nSPS) is 15.1. The SMILES string of the molecule is NC(=O)CN1C(=O)C(=c2sc3nc(-c4ccc(F)cc4)nn3c2=O)c2ccccc21. The van der Waals surface area contributed by atoms with Gasteiger partial charge < -0.3 is 5.73 Å². The van der Waals surface area contributed by atoms with Gasteiger partial charge in [0.05, 0.1) is 11.3 Å². The molecule has 8 nitrogen and oxygen atoms in total. The first kappa shape index (κ1) is 18.1. The molecule has 0 unspecified atom stereocenters. The zero-order valence-electron chi connectivity index (χ0n) is 15.2. The summed E-state index contributed by atoms with van der Waals surface area (Å²) in [5.41, 5.74) is 6.61. The van der Waals surface area contributed by atoms with Crippen molar-refractivity contribution in [1.82, 2.24) is 14.6 Å². The summed E-state index contributed by atoms with van der Waals surface area (Å²) in [5, 5.41) is 4.22. The van der Waals surface area contributed by atoms with Crippen LogP contribution in [-0.2, 0) is 9.59 Å². The molecule has 2 aromatic carbocycles. The molecule has 0 bridgehead atoms. The monoisotopic (exact) mass is 421 g/mol. The van der Waals surface area contributed by atoms with Gasteiger partial charge in [-0.2, -0.15) is 9.50 Å². The molecule has 0 aliphatic carbocycles. The van der Waals surface area contributed by atoms with E-state index in [-0.39, 0.29) is 28.3 Å². The highest BCUT2D eigenvalue weighted by molar-refractivity contribution is 7.15. The summed E-state index contributed by atoms with van der Waals surface area (Å²) in [7, 11) is 0. The number of aromatic nitrogens is 3. The van der Waals surface area contributed by atoms with Gasteiger partial charge in [-0.3, -0.25) is 19.3 Å². The summed E-state index contributed by atoms with van der Waals surface area (Å²) in [6.45, 7) is -0.289. The number of benzene rings is 2. The van der Waals surface area contributed by atoms with Gasteiger partial charge in [0.1, 0.15) is 16.9 Å². The predicted octanol–water partition coefficient (Wildman–Crippen LogP) is 0.707. The molecular formula is C20H12FN5O3S. The molecule has 148 valence electrons. The average molecular weight is 421 g/mol. The van der Waals surface area contributed by atoms with E-state index in [1.54, 1.807) is 24.3 Å². The lowest BCUT2D eigenvalue weighted by Gasteiger charge is -2.14. The summed E-state index contributed by atoms with van der Waals surface area (Å²) < 4.78 is 14.4. The molecule has 3 heterocycles. The first-order valence-corrected chi connectivity index (χ1v) is 9.65. The second kappa shape index (κ2) is 6.56. The van der Waals surface area contributed by atoms with Gasteiger partial charge in [-0.25, -0.2) is 4.39 Å². The number of halogens is 1. The van der Waals surface area contributed by atoms with E-state index in [2.05, 4.69) is 10.1 Å². The van der Waals surface area contributed by atoms with Crippen molar-refractivity contribution in [3.05, 3.63) is 74.8 Å². The Morgan fingerprint density at radius 2 is 1.83 bits per heavy atom. The Kier molecular flexibility index (Phi) is 3.97. The zero-order valence-corrected chi connectivity index (χ0v) is 16.0. The number of carbonyl (C=O) groups is 2. The van der Waals surface area contributed by atoms with E-state index in [1.807, 2.05) is 0 Å². The van der Waals surface area contributed by atoms with E-state index in [1.165, 1.54) is 29.2 Å². The molecule has 0 radical (unpaired) electrons. The molecule has 10 heteroatoms. The van der Waals surface area contributed by atoms with Gasteiger partial charge in [0.25, 0.3) is 11.5 Å². The lowest BCUT2D eigenvalue weighted by Crippen LogP contribution is -2.37. The second-order valence-corrected chi connectivity index (χ2v) is 7.60. The lowest BCUT2D eigenvalue weighted by atomic mass is 10.1. The third-order valence-electron chi connectivity index (χ3n) is 4.72. The van der Waals surface area contributed by atoms with E-state index >= 15 is 0 Å². The molecule has 30 heavy (non-hydrogen) atoms. The number of hydrogen-bond acceptors (Lipinski definition) is 6. The maximum Gasteiger partial charge on any atom is 0.291 e. The molecule has 2 N–H and O–H groups in total. The van der Waals surface area contributed by atoms with Gasteiger partial charge >= 0.3 is 0 Å². The number of primary amides is 1. The molecule has 0 saturated carbocycles. The number of para-hydroxylation sites is 1. The zero-order chi connectivity index (χ0) is 21.0. The van der Waals surface area contributed by atoms with Crippen LogP contribution in [0.4, 0.5) is 10.1 Å². The molecule has 5 rings (SSSR count). The Balaban J connectivity index is 1.70. The summed E-state index contributed by atoms with van der Waals surface area (Å²) in [6, 6.07) is 12.5. The van der Waals surface area contributed by atoms with Crippen molar-refractivity contribution in [3.63, 3.8) is 0 Å². The Bertz CT molecular complexity index is 1460. The number of hydrogen-bond donors (Lipinski definition) is 1. The van der Waals surface area contributed by atoms with Gasteiger partial charge in [0, 0.05) is 11.1 Å². The standard InChI is InChI=1S/C20H12FN5O3S/c21-11-7-5-10(6-8-11)17-23-20-26(24-17)19(29)16(30-20)15-12-3-1-2-4-13(12)25(18(15)28)9-14(22)27/h1-8H,9H2,(H2,22,27). The van der Waals surface area contributed by atoms with Gasteiger partial charge in [-0.1, -0.05) is 29.5 Å². The molecule has 0 atom stereocenters. The number of fused-ring (bicyclic) bond motifs is 2. The van der Waals surface area contributed by atoms with Crippen molar-refractivity contribution in [2.45, 2.75) is 0 Å². The van der Waals surface area contributed by atoms with Crippen molar-refractivity contribution < 1.29 is 14.0 Å². The number of amides is 2. The number of nitrogens with zero attached hydrogens (tertiary/aromatic N) is 4. The van der Waals surface area contributed by atoms with Crippen molar-refractivity contribution in [2.75, 3.05) is 11.4 Å². The Hall–Kier alpha value is -3.92. The fraction of sp³-hybridized carbons (Fsp3) is 0.0500. The molecule has 1 aliphatic rings. The lowest BCUT2D eigenvalue weighted by molar-refractivity contribution is -0.119. The molecule has 0 spiro atoms. The molecular weight excluding hydrogens is 409 g/mol. The predicted molar refractivity (Wildman–Crippen MR) is 108 cm³/mol. The van der Waals surface area contributed by atoms with E-state index in [4.69, 9.17) is 5.73 Å². The van der Waals surface area contributed by atoms with Crippen LogP contribution in [0.3, 0.4) is 0 Å². The molecule has 4 aromatic rings. The molecule has 2 aromatic heterocycles. The second-order valence-electron chi connectivity index (χ2n) is 6.62. The molecule has 1 aliphatic heterocycles. The van der Waals surface area contributed by atoms with Crippen LogP contribution in [0.1, 0.15) is 5.56 Å². The highest BCUT2D eigenvalue weighted by Gasteiger charge is 2.35. The van der Waals surface area contributed by atoms with Crippen molar-refractivity contribution in [1.29, 1.82) is 0 Å². The van der Waals surface area contributed by atoms with E-state index in [9.17, 15) is 18.8 Å². The minimum Gasteiger partial charge on any atom is -0.368 e. The fourth-order valence-corrected chi connectivity index (χ4v) is 4.42. The average Bonchev–Trinajstić information content (AvgIpc) is 3.35. The number of nitrogens with two attached hydrogens (primary N) is 1. The largest absolute Gasteiger partial charge is 0.368 e. The van der Waals surface area contributed by atoms with E-state index < -0.39 is 17.4 Å². The molecule has 2 amide bonds. The summed E-state index contributed by atoms with van der Waals surface area (Å²) in [6.07, 6.45) is 0. The van der Waals surface area contributed by atoms with Crippen molar-refractivity contribution in [3.8, 4) is 11.4 Å². The van der Waals surface area contributed by atoms with Gasteiger partial charge in [0.15, 0.2) is 5.82 Å². The van der Waals surface area contributed by atoms with Crippen LogP contribution in [0.25, 0.3) is 21.9 Å². The number of carbonyl (C=O) groups excluding carboxylic acids is 2. The Morgan fingerprint density at radius 3 is 2.53 bits per heavy atom. The first-order chi connectivity index (χ1) is 14.4. The number of anilines is 1. The highest BCUT2D eigenvalue weighted by atomic mass is 32.1. The molecule has 0 saturated heterocycles. The summed E-state index contributed by atoms with van der Waals surface area (Å²) >= 11 is 1.03. The molecule has 0 fully saturated rings. The van der Waals surface area contributed by atoms with E-state index in [0.717, 1.165) is 15.9 Å².